The second-order valence-electron chi connectivity index (χ2n) is 3.84. The summed E-state index contributed by atoms with van der Waals surface area (Å²) in [4.78, 5) is 10.4. The molecule has 1 aliphatic rings. The number of aliphatic carboxylic acids is 1. The highest BCUT2D eigenvalue weighted by molar-refractivity contribution is 5.66. The van der Waals surface area contributed by atoms with Crippen LogP contribution in [-0.4, -0.2) is 20.9 Å². The van der Waals surface area contributed by atoms with Crippen molar-refractivity contribution < 1.29 is 9.90 Å². The van der Waals surface area contributed by atoms with Gasteiger partial charge >= 0.3 is 5.97 Å². The molecule has 1 aliphatic heterocycles. The zero-order valence-corrected chi connectivity index (χ0v) is 8.02. The van der Waals surface area contributed by atoms with Crippen LogP contribution in [0.5, 0.6) is 0 Å². The summed E-state index contributed by atoms with van der Waals surface area (Å²) < 4.78 is 2.00. The Kier molecular flexibility index (Phi) is 2.52. The number of hydrogen-bond donors (Lipinski definition) is 1. The maximum atomic E-state index is 10.4. The van der Waals surface area contributed by atoms with Crippen LogP contribution in [-0.2, 0) is 17.8 Å². The molecule has 0 saturated carbocycles. The summed E-state index contributed by atoms with van der Waals surface area (Å²) in [6, 6.07) is 2.04. The van der Waals surface area contributed by atoms with Gasteiger partial charge in [-0.25, -0.2) is 0 Å². The quantitative estimate of drug-likeness (QED) is 0.789. The molecule has 14 heavy (non-hydrogen) atoms. The Hall–Kier alpha value is -1.32. The molecule has 0 spiro atoms. The Morgan fingerprint density at radius 3 is 3.36 bits per heavy atom. The standard InChI is InChI=1S/C10H14N2O2/c13-10(14)4-2-8-1-3-9-5-6-11-12(9)7-8/h5-6,8H,1-4,7H2,(H,13,14). The van der Waals surface area contributed by atoms with Gasteiger partial charge in [-0.05, 0) is 31.2 Å². The fraction of sp³-hybridized carbons (Fsp3) is 0.600. The number of carbonyl (C=O) groups is 1. The zero-order valence-electron chi connectivity index (χ0n) is 8.02. The summed E-state index contributed by atoms with van der Waals surface area (Å²) in [6.45, 7) is 0.885. The topological polar surface area (TPSA) is 55.1 Å². The van der Waals surface area contributed by atoms with Gasteiger partial charge in [0.2, 0.25) is 0 Å². The minimum Gasteiger partial charge on any atom is -0.481 e. The second kappa shape index (κ2) is 3.82. The third-order valence-corrected chi connectivity index (χ3v) is 2.81. The lowest BCUT2D eigenvalue weighted by atomic mass is 9.94. The fourth-order valence-electron chi connectivity index (χ4n) is 1.99. The smallest absolute Gasteiger partial charge is 0.303 e. The Labute approximate surface area is 82.5 Å². The van der Waals surface area contributed by atoms with Gasteiger partial charge < -0.3 is 5.11 Å². The van der Waals surface area contributed by atoms with Crippen LogP contribution in [0.15, 0.2) is 12.3 Å². The van der Waals surface area contributed by atoms with E-state index in [1.165, 1.54) is 5.69 Å². The van der Waals surface area contributed by atoms with Crippen molar-refractivity contribution in [3.63, 3.8) is 0 Å². The first-order valence-electron chi connectivity index (χ1n) is 4.98. The molecular formula is C10H14N2O2. The molecule has 0 bridgehead atoms. The van der Waals surface area contributed by atoms with Crippen LogP contribution >= 0.6 is 0 Å². The van der Waals surface area contributed by atoms with Crippen LogP contribution in [0.4, 0.5) is 0 Å². The molecular weight excluding hydrogens is 180 g/mol. The largest absolute Gasteiger partial charge is 0.481 e. The van der Waals surface area contributed by atoms with Crippen LogP contribution in [0.2, 0.25) is 0 Å². The number of aromatic nitrogens is 2. The molecule has 0 amide bonds. The van der Waals surface area contributed by atoms with E-state index in [9.17, 15) is 4.79 Å². The Morgan fingerprint density at radius 1 is 1.71 bits per heavy atom. The first kappa shape index (κ1) is 9.24. The molecule has 1 atom stereocenters. The van der Waals surface area contributed by atoms with Crippen molar-refractivity contribution >= 4 is 5.97 Å². The third kappa shape index (κ3) is 1.95. The molecule has 0 radical (unpaired) electrons. The first-order chi connectivity index (χ1) is 6.75. The average molecular weight is 194 g/mol. The van der Waals surface area contributed by atoms with E-state index < -0.39 is 5.97 Å². The number of aryl methyl sites for hydroxylation is 1. The van der Waals surface area contributed by atoms with Crippen molar-refractivity contribution in [1.29, 1.82) is 0 Å². The second-order valence-corrected chi connectivity index (χ2v) is 3.84. The number of fused-ring (bicyclic) bond motifs is 1. The minimum atomic E-state index is -0.698. The lowest BCUT2D eigenvalue weighted by Crippen LogP contribution is -2.21. The summed E-state index contributed by atoms with van der Waals surface area (Å²) in [5.41, 5.74) is 1.27. The minimum absolute atomic E-state index is 0.279. The molecule has 0 aromatic carbocycles. The first-order valence-corrected chi connectivity index (χ1v) is 4.98. The van der Waals surface area contributed by atoms with Gasteiger partial charge in [-0.2, -0.15) is 5.10 Å². The number of hydrogen-bond acceptors (Lipinski definition) is 2. The number of carboxylic acid groups (broad SMARTS) is 1. The van der Waals surface area contributed by atoms with Crippen LogP contribution in [0.3, 0.4) is 0 Å². The predicted molar refractivity (Wildman–Crippen MR) is 50.9 cm³/mol. The normalized spacial score (nSPS) is 20.4. The van der Waals surface area contributed by atoms with Crippen molar-refractivity contribution in [3.05, 3.63) is 18.0 Å². The van der Waals surface area contributed by atoms with Gasteiger partial charge in [0, 0.05) is 24.9 Å². The fourth-order valence-corrected chi connectivity index (χ4v) is 1.99. The van der Waals surface area contributed by atoms with Gasteiger partial charge in [0.1, 0.15) is 0 Å². The number of nitrogens with zero attached hydrogens (tertiary/aromatic N) is 2. The highest BCUT2D eigenvalue weighted by atomic mass is 16.4. The number of carboxylic acids is 1. The molecule has 2 rings (SSSR count). The molecule has 4 nitrogen and oxygen atoms in total. The van der Waals surface area contributed by atoms with Crippen LogP contribution in [0.1, 0.15) is 25.0 Å². The monoisotopic (exact) mass is 194 g/mol. The van der Waals surface area contributed by atoms with E-state index in [1.54, 1.807) is 0 Å². The van der Waals surface area contributed by atoms with Crippen molar-refractivity contribution in [2.75, 3.05) is 0 Å². The van der Waals surface area contributed by atoms with Gasteiger partial charge in [-0.3, -0.25) is 9.48 Å². The maximum absolute atomic E-state index is 10.4. The van der Waals surface area contributed by atoms with E-state index in [1.807, 2.05) is 16.9 Å². The lowest BCUT2D eigenvalue weighted by Gasteiger charge is -2.22. The van der Waals surface area contributed by atoms with Crippen LogP contribution in [0.25, 0.3) is 0 Å². The molecule has 0 aliphatic carbocycles. The molecule has 1 aromatic heterocycles. The summed E-state index contributed by atoms with van der Waals surface area (Å²) in [5, 5.41) is 12.8. The van der Waals surface area contributed by atoms with Crippen molar-refractivity contribution in [2.24, 2.45) is 5.92 Å². The van der Waals surface area contributed by atoms with Gasteiger partial charge in [-0.1, -0.05) is 0 Å². The summed E-state index contributed by atoms with van der Waals surface area (Å²) in [5.74, 6) is -0.213. The van der Waals surface area contributed by atoms with Crippen molar-refractivity contribution in [1.82, 2.24) is 9.78 Å². The molecule has 1 unspecified atom stereocenters. The molecule has 0 saturated heterocycles. The van der Waals surface area contributed by atoms with Gasteiger partial charge in [0.25, 0.3) is 0 Å². The summed E-state index contributed by atoms with van der Waals surface area (Å²) >= 11 is 0. The van der Waals surface area contributed by atoms with Crippen LogP contribution < -0.4 is 0 Å². The lowest BCUT2D eigenvalue weighted by molar-refractivity contribution is -0.137. The summed E-state index contributed by atoms with van der Waals surface area (Å²) in [7, 11) is 0. The van der Waals surface area contributed by atoms with Crippen molar-refractivity contribution in [3.8, 4) is 0 Å². The van der Waals surface area contributed by atoms with E-state index in [0.29, 0.717) is 5.92 Å². The van der Waals surface area contributed by atoms with Gasteiger partial charge in [-0.15, -0.1) is 0 Å². The molecule has 4 heteroatoms. The van der Waals surface area contributed by atoms with Gasteiger partial charge in [0.15, 0.2) is 0 Å². The van der Waals surface area contributed by atoms with E-state index >= 15 is 0 Å². The third-order valence-electron chi connectivity index (χ3n) is 2.81. The van der Waals surface area contributed by atoms with Gasteiger partial charge in [0.05, 0.1) is 0 Å². The maximum Gasteiger partial charge on any atom is 0.303 e. The predicted octanol–water partition coefficient (Wildman–Crippen LogP) is 1.31. The Balaban J connectivity index is 1.91. The Bertz CT molecular complexity index is 333. The Morgan fingerprint density at radius 2 is 2.57 bits per heavy atom. The van der Waals surface area contributed by atoms with E-state index in [-0.39, 0.29) is 6.42 Å². The highest BCUT2D eigenvalue weighted by Crippen LogP contribution is 2.22. The van der Waals surface area contributed by atoms with E-state index in [4.69, 9.17) is 5.11 Å². The highest BCUT2D eigenvalue weighted by Gasteiger charge is 2.18. The van der Waals surface area contributed by atoms with E-state index in [0.717, 1.165) is 25.8 Å². The van der Waals surface area contributed by atoms with E-state index in [2.05, 4.69) is 5.10 Å². The molecule has 1 aromatic rings. The van der Waals surface area contributed by atoms with Crippen LogP contribution in [0, 0.1) is 5.92 Å². The molecule has 1 N–H and O–H groups in total. The molecule has 76 valence electrons. The average Bonchev–Trinajstić information content (AvgIpc) is 2.61. The van der Waals surface area contributed by atoms with Crippen molar-refractivity contribution in [2.45, 2.75) is 32.2 Å². The molecule has 2 heterocycles. The zero-order chi connectivity index (χ0) is 9.97. The SMILES string of the molecule is O=C(O)CCC1CCc2ccnn2C1. The summed E-state index contributed by atoms with van der Waals surface area (Å²) in [6.07, 6.45) is 4.99. The molecule has 0 fully saturated rings. The number of rotatable bonds is 3.